The quantitative estimate of drug-likeness (QED) is 0.632. The van der Waals surface area contributed by atoms with Crippen LogP contribution in [0.3, 0.4) is 0 Å². The Morgan fingerprint density at radius 3 is 2.38 bits per heavy atom. The summed E-state index contributed by atoms with van der Waals surface area (Å²) in [6.45, 7) is 0.997. The maximum atomic E-state index is 12.2. The molecule has 2 N–H and O–H groups in total. The number of aromatic nitrogens is 1. The van der Waals surface area contributed by atoms with Crippen LogP contribution < -0.4 is 10.6 Å². The SMILES string of the molecule is O=C(NCc1ccc(Cl)cc1)c1ccc(NCc2ccccc2Cl)nc1. The third-order valence-electron chi connectivity index (χ3n) is 3.81. The largest absolute Gasteiger partial charge is 0.366 e. The molecule has 0 saturated heterocycles. The lowest BCUT2D eigenvalue weighted by atomic mass is 10.2. The lowest BCUT2D eigenvalue weighted by Crippen LogP contribution is -2.22. The van der Waals surface area contributed by atoms with E-state index in [0.717, 1.165) is 11.1 Å². The average Bonchev–Trinajstić information content (AvgIpc) is 2.67. The van der Waals surface area contributed by atoms with Crippen molar-refractivity contribution in [2.75, 3.05) is 5.32 Å². The van der Waals surface area contributed by atoms with E-state index in [1.54, 1.807) is 30.5 Å². The molecule has 3 aromatic rings. The second kappa shape index (κ2) is 8.70. The van der Waals surface area contributed by atoms with Crippen LogP contribution in [0.5, 0.6) is 0 Å². The molecule has 0 fully saturated rings. The Morgan fingerprint density at radius 1 is 0.923 bits per heavy atom. The Kier molecular flexibility index (Phi) is 6.10. The summed E-state index contributed by atoms with van der Waals surface area (Å²) in [5, 5.41) is 7.43. The van der Waals surface area contributed by atoms with E-state index < -0.39 is 0 Å². The van der Waals surface area contributed by atoms with Gasteiger partial charge in [0.2, 0.25) is 0 Å². The second-order valence-electron chi connectivity index (χ2n) is 5.69. The Hall–Kier alpha value is -2.56. The van der Waals surface area contributed by atoms with Crippen molar-refractivity contribution in [3.05, 3.63) is 93.6 Å². The molecule has 26 heavy (non-hydrogen) atoms. The Labute approximate surface area is 162 Å². The van der Waals surface area contributed by atoms with Crippen LogP contribution in [0.15, 0.2) is 66.9 Å². The zero-order valence-corrected chi connectivity index (χ0v) is 15.4. The highest BCUT2D eigenvalue weighted by Gasteiger charge is 2.06. The summed E-state index contributed by atoms with van der Waals surface area (Å²) in [7, 11) is 0. The maximum absolute atomic E-state index is 12.2. The van der Waals surface area contributed by atoms with E-state index in [-0.39, 0.29) is 5.91 Å². The maximum Gasteiger partial charge on any atom is 0.253 e. The van der Waals surface area contributed by atoms with Crippen molar-refractivity contribution in [3.63, 3.8) is 0 Å². The molecule has 0 atom stereocenters. The van der Waals surface area contributed by atoms with E-state index in [2.05, 4.69) is 15.6 Å². The summed E-state index contributed by atoms with van der Waals surface area (Å²) < 4.78 is 0. The monoisotopic (exact) mass is 385 g/mol. The zero-order valence-electron chi connectivity index (χ0n) is 13.9. The summed E-state index contributed by atoms with van der Waals surface area (Å²) in [5.41, 5.74) is 2.47. The molecule has 6 heteroatoms. The zero-order chi connectivity index (χ0) is 18.4. The first-order chi connectivity index (χ1) is 12.6. The van der Waals surface area contributed by atoms with E-state index in [1.807, 2.05) is 36.4 Å². The normalized spacial score (nSPS) is 10.4. The van der Waals surface area contributed by atoms with Crippen LogP contribution in [-0.2, 0) is 13.1 Å². The molecule has 4 nitrogen and oxygen atoms in total. The minimum Gasteiger partial charge on any atom is -0.366 e. The van der Waals surface area contributed by atoms with Gasteiger partial charge in [-0.3, -0.25) is 4.79 Å². The number of amides is 1. The van der Waals surface area contributed by atoms with Gasteiger partial charge in [-0.2, -0.15) is 0 Å². The molecule has 0 bridgehead atoms. The topological polar surface area (TPSA) is 54.0 Å². The van der Waals surface area contributed by atoms with Crippen LogP contribution in [0.1, 0.15) is 21.5 Å². The molecule has 3 rings (SSSR count). The molecule has 0 aliphatic rings. The van der Waals surface area contributed by atoms with E-state index in [0.29, 0.717) is 34.5 Å². The summed E-state index contributed by atoms with van der Waals surface area (Å²) in [4.78, 5) is 16.5. The minimum absolute atomic E-state index is 0.176. The average molecular weight is 386 g/mol. The van der Waals surface area contributed by atoms with Crippen LogP contribution in [-0.4, -0.2) is 10.9 Å². The lowest BCUT2D eigenvalue weighted by molar-refractivity contribution is 0.0950. The second-order valence-corrected chi connectivity index (χ2v) is 6.53. The van der Waals surface area contributed by atoms with Gasteiger partial charge in [-0.15, -0.1) is 0 Å². The minimum atomic E-state index is -0.176. The van der Waals surface area contributed by atoms with E-state index >= 15 is 0 Å². The van der Waals surface area contributed by atoms with Crippen LogP contribution in [0.25, 0.3) is 0 Å². The molecule has 0 aliphatic heterocycles. The highest BCUT2D eigenvalue weighted by Crippen LogP contribution is 2.16. The first-order valence-electron chi connectivity index (χ1n) is 8.08. The van der Waals surface area contributed by atoms with Gasteiger partial charge in [0.05, 0.1) is 5.56 Å². The van der Waals surface area contributed by atoms with Crippen molar-refractivity contribution < 1.29 is 4.79 Å². The Bertz CT molecular complexity index is 880. The Balaban J connectivity index is 1.54. The van der Waals surface area contributed by atoms with Gasteiger partial charge < -0.3 is 10.6 Å². The fraction of sp³-hybridized carbons (Fsp3) is 0.100. The van der Waals surface area contributed by atoms with Crippen molar-refractivity contribution in [3.8, 4) is 0 Å². The molecule has 0 unspecified atom stereocenters. The number of pyridine rings is 1. The summed E-state index contributed by atoms with van der Waals surface area (Å²) in [6, 6.07) is 18.5. The van der Waals surface area contributed by atoms with Crippen LogP contribution in [0.4, 0.5) is 5.82 Å². The standard InChI is InChI=1S/C20H17Cl2N3O/c21-17-8-5-14(6-9-17)11-25-20(26)16-7-10-19(24-13-16)23-12-15-3-1-2-4-18(15)22/h1-10,13H,11-12H2,(H,23,24)(H,25,26). The van der Waals surface area contributed by atoms with Gasteiger partial charge in [-0.25, -0.2) is 4.98 Å². The predicted octanol–water partition coefficient (Wildman–Crippen LogP) is 4.93. The number of halogens is 2. The van der Waals surface area contributed by atoms with Crippen molar-refractivity contribution in [2.24, 2.45) is 0 Å². The number of nitrogens with one attached hydrogen (secondary N) is 2. The lowest BCUT2D eigenvalue weighted by Gasteiger charge is -2.09. The van der Waals surface area contributed by atoms with Crippen LogP contribution >= 0.6 is 23.2 Å². The number of benzene rings is 2. The van der Waals surface area contributed by atoms with Gasteiger partial charge in [-0.1, -0.05) is 53.5 Å². The number of hydrogen-bond donors (Lipinski definition) is 2. The highest BCUT2D eigenvalue weighted by molar-refractivity contribution is 6.31. The molecule has 1 amide bonds. The predicted molar refractivity (Wildman–Crippen MR) is 106 cm³/mol. The van der Waals surface area contributed by atoms with Crippen molar-refractivity contribution >= 4 is 34.9 Å². The third-order valence-corrected chi connectivity index (χ3v) is 4.43. The molecule has 1 heterocycles. The van der Waals surface area contributed by atoms with Crippen molar-refractivity contribution in [1.82, 2.24) is 10.3 Å². The molecule has 1 aromatic heterocycles. The van der Waals surface area contributed by atoms with E-state index in [9.17, 15) is 4.79 Å². The van der Waals surface area contributed by atoms with Crippen LogP contribution in [0, 0.1) is 0 Å². The highest BCUT2D eigenvalue weighted by atomic mass is 35.5. The molecule has 0 radical (unpaired) electrons. The molecule has 132 valence electrons. The van der Waals surface area contributed by atoms with Gasteiger partial charge in [0.15, 0.2) is 0 Å². The fourth-order valence-corrected chi connectivity index (χ4v) is 2.68. The molecular formula is C20H17Cl2N3O. The summed E-state index contributed by atoms with van der Waals surface area (Å²) in [6.07, 6.45) is 1.55. The number of carbonyl (C=O) groups is 1. The molecule has 0 spiro atoms. The fourth-order valence-electron chi connectivity index (χ4n) is 2.35. The van der Waals surface area contributed by atoms with Crippen LogP contribution in [0.2, 0.25) is 10.0 Å². The first-order valence-corrected chi connectivity index (χ1v) is 8.83. The third kappa shape index (κ3) is 4.97. The van der Waals surface area contributed by atoms with Gasteiger partial charge in [0.1, 0.15) is 5.82 Å². The van der Waals surface area contributed by atoms with Gasteiger partial charge in [0.25, 0.3) is 5.91 Å². The van der Waals surface area contributed by atoms with Crippen molar-refractivity contribution in [2.45, 2.75) is 13.1 Å². The molecule has 0 saturated carbocycles. The Morgan fingerprint density at radius 2 is 1.69 bits per heavy atom. The van der Waals surface area contributed by atoms with Gasteiger partial charge >= 0.3 is 0 Å². The van der Waals surface area contributed by atoms with E-state index in [4.69, 9.17) is 23.2 Å². The number of nitrogens with zero attached hydrogens (tertiary/aromatic N) is 1. The smallest absolute Gasteiger partial charge is 0.253 e. The van der Waals surface area contributed by atoms with E-state index in [1.165, 1.54) is 0 Å². The number of carbonyl (C=O) groups excluding carboxylic acids is 1. The van der Waals surface area contributed by atoms with Crippen molar-refractivity contribution in [1.29, 1.82) is 0 Å². The van der Waals surface area contributed by atoms with Gasteiger partial charge in [-0.05, 0) is 41.5 Å². The number of rotatable bonds is 6. The van der Waals surface area contributed by atoms with Gasteiger partial charge in [0, 0.05) is 29.3 Å². The number of anilines is 1. The molecule has 0 aliphatic carbocycles. The molecule has 2 aromatic carbocycles. The molecular weight excluding hydrogens is 369 g/mol. The summed E-state index contributed by atoms with van der Waals surface area (Å²) >= 11 is 12.0. The summed E-state index contributed by atoms with van der Waals surface area (Å²) in [5.74, 6) is 0.504. The number of hydrogen-bond acceptors (Lipinski definition) is 3. The first kappa shape index (κ1) is 18.2.